The molecule has 2 rings (SSSR count). The summed E-state index contributed by atoms with van der Waals surface area (Å²) in [6, 6.07) is 4.14. The molecule has 0 aliphatic heterocycles. The molecule has 1 heterocycles. The summed E-state index contributed by atoms with van der Waals surface area (Å²) >= 11 is 0. The first-order valence-electron chi connectivity index (χ1n) is 6.68. The van der Waals surface area contributed by atoms with Gasteiger partial charge in [0, 0.05) is 19.6 Å². The molecule has 1 aliphatic carbocycles. The lowest BCUT2D eigenvalue weighted by Crippen LogP contribution is -2.26. The second-order valence-corrected chi connectivity index (χ2v) is 4.92. The second-order valence-electron chi connectivity index (χ2n) is 4.92. The molecule has 1 amide bonds. The number of nitrogens with one attached hydrogen (secondary N) is 1. The number of amides is 1. The molecule has 98 valence electrons. The van der Waals surface area contributed by atoms with Gasteiger partial charge in [0.15, 0.2) is 0 Å². The van der Waals surface area contributed by atoms with Crippen LogP contribution < -0.4 is 10.2 Å². The number of rotatable bonds is 6. The molecular weight excluding hydrogens is 226 g/mol. The zero-order valence-corrected chi connectivity index (χ0v) is 11.1. The molecule has 0 atom stereocenters. The normalized spacial score (nSPS) is 14.3. The van der Waals surface area contributed by atoms with Gasteiger partial charge in [-0.1, -0.05) is 13.3 Å². The Labute approximate surface area is 108 Å². The van der Waals surface area contributed by atoms with E-state index in [9.17, 15) is 4.79 Å². The van der Waals surface area contributed by atoms with Crippen molar-refractivity contribution < 1.29 is 4.79 Å². The topological polar surface area (TPSA) is 45.2 Å². The molecule has 1 N–H and O–H groups in total. The fourth-order valence-electron chi connectivity index (χ4n) is 1.76. The monoisotopic (exact) mass is 247 g/mol. The molecule has 0 unspecified atom stereocenters. The van der Waals surface area contributed by atoms with Crippen molar-refractivity contribution in [2.45, 2.75) is 38.6 Å². The minimum Gasteiger partial charge on any atom is -0.373 e. The average Bonchev–Trinajstić information content (AvgIpc) is 3.20. The fourth-order valence-corrected chi connectivity index (χ4v) is 1.76. The van der Waals surface area contributed by atoms with E-state index in [0.29, 0.717) is 11.7 Å². The predicted molar refractivity (Wildman–Crippen MR) is 72.9 cm³/mol. The zero-order chi connectivity index (χ0) is 13.0. The highest BCUT2D eigenvalue weighted by atomic mass is 16.2. The van der Waals surface area contributed by atoms with Crippen LogP contribution in [0.2, 0.25) is 0 Å². The van der Waals surface area contributed by atoms with E-state index in [4.69, 9.17) is 0 Å². The van der Waals surface area contributed by atoms with E-state index in [1.54, 1.807) is 12.3 Å². The minimum absolute atomic E-state index is 0.0553. The Morgan fingerprint density at radius 3 is 2.83 bits per heavy atom. The van der Waals surface area contributed by atoms with Gasteiger partial charge in [0.2, 0.25) is 0 Å². The number of unbranched alkanes of at least 4 members (excludes halogenated alkanes) is 1. The van der Waals surface area contributed by atoms with Gasteiger partial charge in [0.1, 0.15) is 5.69 Å². The molecule has 1 fully saturated rings. The Morgan fingerprint density at radius 2 is 2.28 bits per heavy atom. The molecule has 0 aromatic carbocycles. The number of carbonyl (C=O) groups is 1. The summed E-state index contributed by atoms with van der Waals surface area (Å²) in [4.78, 5) is 18.2. The third-order valence-corrected chi connectivity index (χ3v) is 3.18. The van der Waals surface area contributed by atoms with Crippen LogP contribution in [0.1, 0.15) is 43.1 Å². The number of hydrogen-bond acceptors (Lipinski definition) is 3. The highest BCUT2D eigenvalue weighted by Gasteiger charge is 2.24. The third kappa shape index (κ3) is 3.45. The fraction of sp³-hybridized carbons (Fsp3) is 0.571. The quantitative estimate of drug-likeness (QED) is 0.838. The van der Waals surface area contributed by atoms with Crippen LogP contribution in [0.25, 0.3) is 0 Å². The van der Waals surface area contributed by atoms with E-state index in [2.05, 4.69) is 29.2 Å². The molecule has 4 nitrogen and oxygen atoms in total. The minimum atomic E-state index is -0.0553. The van der Waals surface area contributed by atoms with Crippen molar-refractivity contribution in [1.29, 1.82) is 0 Å². The standard InChI is InChI=1S/C14H21N3O/c1-3-4-9-17(2)12-7-8-13(15-10-12)14(18)16-11-5-6-11/h7-8,10-11H,3-6,9H2,1-2H3,(H,16,18). The SMILES string of the molecule is CCCCN(C)c1ccc(C(=O)NC2CC2)nc1. The maximum absolute atomic E-state index is 11.8. The Kier molecular flexibility index (Phi) is 4.18. The number of aromatic nitrogens is 1. The maximum Gasteiger partial charge on any atom is 0.270 e. The van der Waals surface area contributed by atoms with Crippen LogP contribution in [0.3, 0.4) is 0 Å². The van der Waals surface area contributed by atoms with Gasteiger partial charge in [-0.15, -0.1) is 0 Å². The van der Waals surface area contributed by atoms with Crippen LogP contribution in [0.5, 0.6) is 0 Å². The molecule has 1 aromatic rings. The van der Waals surface area contributed by atoms with Gasteiger partial charge in [-0.3, -0.25) is 4.79 Å². The summed E-state index contributed by atoms with van der Waals surface area (Å²) < 4.78 is 0. The molecule has 0 saturated heterocycles. The first-order chi connectivity index (χ1) is 8.70. The van der Waals surface area contributed by atoms with Crippen molar-refractivity contribution >= 4 is 11.6 Å². The third-order valence-electron chi connectivity index (χ3n) is 3.18. The maximum atomic E-state index is 11.8. The summed E-state index contributed by atoms with van der Waals surface area (Å²) in [5.41, 5.74) is 1.57. The lowest BCUT2D eigenvalue weighted by molar-refractivity contribution is 0.0946. The van der Waals surface area contributed by atoms with Crippen LogP contribution in [0, 0.1) is 0 Å². The molecular formula is C14H21N3O. The molecule has 0 spiro atoms. The van der Waals surface area contributed by atoms with Crippen LogP contribution in [-0.2, 0) is 0 Å². The van der Waals surface area contributed by atoms with Gasteiger partial charge in [0.25, 0.3) is 5.91 Å². The van der Waals surface area contributed by atoms with Crippen molar-refractivity contribution in [3.63, 3.8) is 0 Å². The molecule has 0 bridgehead atoms. The predicted octanol–water partition coefficient (Wildman–Crippen LogP) is 2.21. The van der Waals surface area contributed by atoms with Gasteiger partial charge >= 0.3 is 0 Å². The number of nitrogens with zero attached hydrogens (tertiary/aromatic N) is 2. The summed E-state index contributed by atoms with van der Waals surface area (Å²) in [6.07, 6.45) is 6.32. The number of pyridine rings is 1. The van der Waals surface area contributed by atoms with E-state index in [0.717, 1.165) is 25.1 Å². The number of carbonyl (C=O) groups excluding carboxylic acids is 1. The largest absolute Gasteiger partial charge is 0.373 e. The van der Waals surface area contributed by atoms with Gasteiger partial charge in [-0.25, -0.2) is 4.98 Å². The Morgan fingerprint density at radius 1 is 1.50 bits per heavy atom. The zero-order valence-electron chi connectivity index (χ0n) is 11.1. The van der Waals surface area contributed by atoms with Crippen molar-refractivity contribution in [1.82, 2.24) is 10.3 Å². The van der Waals surface area contributed by atoms with Crippen LogP contribution in [0.15, 0.2) is 18.3 Å². The van der Waals surface area contributed by atoms with Gasteiger partial charge < -0.3 is 10.2 Å². The van der Waals surface area contributed by atoms with E-state index in [1.165, 1.54) is 12.8 Å². The van der Waals surface area contributed by atoms with Crippen LogP contribution in [0.4, 0.5) is 5.69 Å². The smallest absolute Gasteiger partial charge is 0.270 e. The Hall–Kier alpha value is -1.58. The summed E-state index contributed by atoms with van der Waals surface area (Å²) in [5, 5.41) is 2.94. The Bertz CT molecular complexity index is 398. The highest BCUT2D eigenvalue weighted by Crippen LogP contribution is 2.19. The van der Waals surface area contributed by atoms with Gasteiger partial charge in [0.05, 0.1) is 11.9 Å². The first kappa shape index (κ1) is 12.9. The number of anilines is 1. The number of hydrogen-bond donors (Lipinski definition) is 1. The van der Waals surface area contributed by atoms with Crippen molar-refractivity contribution in [3.05, 3.63) is 24.0 Å². The van der Waals surface area contributed by atoms with Crippen molar-refractivity contribution in [2.24, 2.45) is 0 Å². The van der Waals surface area contributed by atoms with Crippen LogP contribution >= 0.6 is 0 Å². The van der Waals surface area contributed by atoms with Crippen LogP contribution in [-0.4, -0.2) is 30.5 Å². The summed E-state index contributed by atoms with van der Waals surface area (Å²) in [5.74, 6) is -0.0553. The average molecular weight is 247 g/mol. The van der Waals surface area contributed by atoms with Crippen molar-refractivity contribution in [3.8, 4) is 0 Å². The molecule has 18 heavy (non-hydrogen) atoms. The van der Waals surface area contributed by atoms with E-state index < -0.39 is 0 Å². The lowest BCUT2D eigenvalue weighted by atomic mass is 10.2. The van der Waals surface area contributed by atoms with E-state index in [-0.39, 0.29) is 5.91 Å². The first-order valence-corrected chi connectivity index (χ1v) is 6.68. The van der Waals surface area contributed by atoms with Gasteiger partial charge in [-0.05, 0) is 31.4 Å². The highest BCUT2D eigenvalue weighted by molar-refractivity contribution is 5.92. The molecule has 1 saturated carbocycles. The van der Waals surface area contributed by atoms with Gasteiger partial charge in [-0.2, -0.15) is 0 Å². The second kappa shape index (κ2) is 5.85. The molecule has 1 aromatic heterocycles. The van der Waals surface area contributed by atoms with Crippen molar-refractivity contribution in [2.75, 3.05) is 18.5 Å². The lowest BCUT2D eigenvalue weighted by Gasteiger charge is -2.18. The Balaban J connectivity index is 1.93. The van der Waals surface area contributed by atoms with E-state index in [1.807, 2.05) is 6.07 Å². The van der Waals surface area contributed by atoms with E-state index >= 15 is 0 Å². The molecule has 1 aliphatic rings. The summed E-state index contributed by atoms with van der Waals surface area (Å²) in [6.45, 7) is 3.20. The summed E-state index contributed by atoms with van der Waals surface area (Å²) in [7, 11) is 2.05. The molecule has 0 radical (unpaired) electrons. The molecule has 4 heteroatoms.